The molecule has 0 aliphatic heterocycles. The van der Waals surface area contributed by atoms with Crippen LogP contribution in [0.15, 0.2) is 10.4 Å². The summed E-state index contributed by atoms with van der Waals surface area (Å²) in [4.78, 5) is 0. The van der Waals surface area contributed by atoms with Gasteiger partial charge in [-0.25, -0.2) is 0 Å². The minimum Gasteiger partial charge on any atom is -0.132 e. The predicted octanol–water partition coefficient (Wildman–Crippen LogP) is 2.02. The van der Waals surface area contributed by atoms with Crippen molar-refractivity contribution < 1.29 is 0 Å². The summed E-state index contributed by atoms with van der Waals surface area (Å²) in [7, 11) is 0. The molecule has 0 aromatic carbocycles. The van der Waals surface area contributed by atoms with Gasteiger partial charge in [-0.15, -0.1) is 12.6 Å². The lowest BCUT2D eigenvalue weighted by Gasteiger charge is -1.69. The van der Waals surface area contributed by atoms with Gasteiger partial charge in [0, 0.05) is 0 Å². The molecule has 0 fully saturated rings. The Morgan fingerprint density at radius 2 is 2.20 bits per heavy atom. The van der Waals surface area contributed by atoms with Crippen molar-refractivity contribution in [3.8, 4) is 0 Å². The first-order valence-electron chi connectivity index (χ1n) is 1.28. The van der Waals surface area contributed by atoms with Crippen LogP contribution in [0.1, 0.15) is 6.92 Å². The zero-order chi connectivity index (χ0) is 4.28. The van der Waals surface area contributed by atoms with E-state index in [1.54, 1.807) is 6.08 Å². The van der Waals surface area contributed by atoms with E-state index in [0.29, 0.717) is 4.36 Å². The lowest BCUT2D eigenvalue weighted by atomic mass is 10.8. The number of hydrogen-bond donors (Lipinski definition) is 1. The Bertz CT molecular complexity index is 44.9. The smallest absolute Gasteiger partial charge is 0.0661 e. The van der Waals surface area contributed by atoms with Gasteiger partial charge in [-0.3, -0.25) is 0 Å². The number of rotatable bonds is 0. The topological polar surface area (TPSA) is 0 Å². The highest BCUT2D eigenvalue weighted by molar-refractivity contribution is 7.86. The van der Waals surface area contributed by atoms with Gasteiger partial charge in [-0.2, -0.15) is 0 Å². The highest BCUT2D eigenvalue weighted by atomic mass is 35.5. The molecule has 2 heteroatoms. The van der Waals surface area contributed by atoms with Crippen molar-refractivity contribution in [2.45, 2.75) is 6.92 Å². The van der Waals surface area contributed by atoms with E-state index in [2.05, 4.69) is 12.6 Å². The molecule has 5 heavy (non-hydrogen) atoms. The Labute approximate surface area is 42.2 Å². The van der Waals surface area contributed by atoms with Gasteiger partial charge in [0.25, 0.3) is 0 Å². The van der Waals surface area contributed by atoms with E-state index in [4.69, 9.17) is 11.6 Å². The molecule has 0 spiro atoms. The van der Waals surface area contributed by atoms with Gasteiger partial charge in [-0.1, -0.05) is 17.7 Å². The van der Waals surface area contributed by atoms with Gasteiger partial charge in [0.1, 0.15) is 0 Å². The Hall–Kier alpha value is 0.380. The molecule has 0 aliphatic rings. The minimum absolute atomic E-state index is 0.546. The maximum atomic E-state index is 5.19. The average molecular weight is 109 g/mol. The molecule has 0 atom stereocenters. The summed E-state index contributed by atoms with van der Waals surface area (Å²) in [5.41, 5.74) is 0. The Kier molecular flexibility index (Phi) is 2.81. The quantitative estimate of drug-likeness (QED) is 0.451. The van der Waals surface area contributed by atoms with E-state index >= 15 is 0 Å². The molecule has 0 aliphatic carbocycles. The standard InChI is InChI=1S/C3H5ClS/c1-2-3(4)5/h2,5H,1H3/b3-2-. The molecule has 0 N–H and O–H groups in total. The van der Waals surface area contributed by atoms with Gasteiger partial charge in [0.2, 0.25) is 0 Å². The van der Waals surface area contributed by atoms with Crippen molar-refractivity contribution in [3.63, 3.8) is 0 Å². The third-order valence-corrected chi connectivity index (χ3v) is 0.715. The van der Waals surface area contributed by atoms with Crippen LogP contribution in [0.4, 0.5) is 0 Å². The first-order chi connectivity index (χ1) is 2.27. The zero-order valence-electron chi connectivity index (χ0n) is 2.90. The Balaban J connectivity index is 3.14. The molecule has 0 rings (SSSR count). The van der Waals surface area contributed by atoms with Crippen LogP contribution in [0, 0.1) is 0 Å². The minimum atomic E-state index is 0.546. The van der Waals surface area contributed by atoms with E-state index in [1.807, 2.05) is 6.92 Å². The van der Waals surface area contributed by atoms with E-state index < -0.39 is 0 Å². The van der Waals surface area contributed by atoms with Crippen LogP contribution in [0.2, 0.25) is 0 Å². The fourth-order valence-corrected chi connectivity index (χ4v) is 0. The fourth-order valence-electron chi connectivity index (χ4n) is 0. The summed E-state index contributed by atoms with van der Waals surface area (Å²) in [6.45, 7) is 1.83. The average Bonchev–Trinajstić information content (AvgIpc) is 1.38. The second kappa shape index (κ2) is 2.61. The van der Waals surface area contributed by atoms with Crippen LogP contribution >= 0.6 is 24.2 Å². The van der Waals surface area contributed by atoms with Crippen molar-refractivity contribution in [3.05, 3.63) is 10.4 Å². The largest absolute Gasteiger partial charge is 0.132 e. The van der Waals surface area contributed by atoms with E-state index in [1.165, 1.54) is 0 Å². The normalized spacial score (nSPS) is 12.2. The highest BCUT2D eigenvalue weighted by Gasteiger charge is 1.65. The van der Waals surface area contributed by atoms with Gasteiger partial charge in [0.05, 0.1) is 4.36 Å². The predicted molar refractivity (Wildman–Crippen MR) is 28.6 cm³/mol. The van der Waals surface area contributed by atoms with Gasteiger partial charge in [-0.05, 0) is 6.92 Å². The lowest BCUT2D eigenvalue weighted by molar-refractivity contribution is 1.77. The molecule has 30 valence electrons. The Morgan fingerprint density at radius 3 is 2.20 bits per heavy atom. The SMILES string of the molecule is C/C=C(\S)Cl. The summed E-state index contributed by atoms with van der Waals surface area (Å²) in [6.07, 6.45) is 1.71. The molecule has 0 radical (unpaired) electrons. The van der Waals surface area contributed by atoms with Crippen LogP contribution in [0.3, 0.4) is 0 Å². The summed E-state index contributed by atoms with van der Waals surface area (Å²) in [5, 5.41) is 0. The second-order valence-electron chi connectivity index (χ2n) is 0.611. The van der Waals surface area contributed by atoms with Crippen LogP contribution < -0.4 is 0 Å². The summed E-state index contributed by atoms with van der Waals surface area (Å²) < 4.78 is 0.546. The van der Waals surface area contributed by atoms with Crippen molar-refractivity contribution in [1.29, 1.82) is 0 Å². The number of allylic oxidation sites excluding steroid dienone is 1. The third-order valence-electron chi connectivity index (χ3n) is 0.238. The number of hydrogen-bond acceptors (Lipinski definition) is 1. The van der Waals surface area contributed by atoms with Gasteiger partial charge in [0.15, 0.2) is 0 Å². The first-order valence-corrected chi connectivity index (χ1v) is 2.10. The maximum absolute atomic E-state index is 5.19. The van der Waals surface area contributed by atoms with Gasteiger partial charge >= 0.3 is 0 Å². The molecule has 0 nitrogen and oxygen atoms in total. The number of thiol groups is 1. The molecule has 0 heterocycles. The monoisotopic (exact) mass is 108 g/mol. The fraction of sp³-hybridized carbons (Fsp3) is 0.333. The molecule has 0 aromatic heterocycles. The van der Waals surface area contributed by atoms with Crippen molar-refractivity contribution in [2.24, 2.45) is 0 Å². The molecule has 0 saturated heterocycles. The molecule has 0 saturated carbocycles. The molecule has 0 aromatic rings. The summed E-state index contributed by atoms with van der Waals surface area (Å²) >= 11 is 8.91. The molecule has 0 bridgehead atoms. The third kappa shape index (κ3) is 4.38. The van der Waals surface area contributed by atoms with Crippen LogP contribution in [-0.2, 0) is 0 Å². The molecule has 0 unspecified atom stereocenters. The van der Waals surface area contributed by atoms with Crippen molar-refractivity contribution in [2.75, 3.05) is 0 Å². The van der Waals surface area contributed by atoms with Crippen LogP contribution in [0.5, 0.6) is 0 Å². The highest BCUT2D eigenvalue weighted by Crippen LogP contribution is 2.02. The summed E-state index contributed by atoms with van der Waals surface area (Å²) in [5.74, 6) is 0. The summed E-state index contributed by atoms with van der Waals surface area (Å²) in [6, 6.07) is 0. The van der Waals surface area contributed by atoms with Gasteiger partial charge < -0.3 is 0 Å². The lowest BCUT2D eigenvalue weighted by Crippen LogP contribution is -1.38. The second-order valence-corrected chi connectivity index (χ2v) is 1.76. The van der Waals surface area contributed by atoms with E-state index in [-0.39, 0.29) is 0 Å². The van der Waals surface area contributed by atoms with Crippen LogP contribution in [-0.4, -0.2) is 0 Å². The molecular formula is C3H5ClS. The zero-order valence-corrected chi connectivity index (χ0v) is 4.55. The molecular weight excluding hydrogens is 104 g/mol. The van der Waals surface area contributed by atoms with Crippen LogP contribution in [0.25, 0.3) is 0 Å². The maximum Gasteiger partial charge on any atom is 0.0661 e. The first kappa shape index (κ1) is 5.38. The van der Waals surface area contributed by atoms with E-state index in [0.717, 1.165) is 0 Å². The Morgan fingerprint density at radius 1 is 2.00 bits per heavy atom. The molecule has 0 amide bonds. The number of halogens is 1. The van der Waals surface area contributed by atoms with Crippen molar-refractivity contribution >= 4 is 24.2 Å². The van der Waals surface area contributed by atoms with E-state index in [9.17, 15) is 0 Å². The van der Waals surface area contributed by atoms with Crippen molar-refractivity contribution in [1.82, 2.24) is 0 Å².